The molecule has 1 N–H and O–H groups in total. The van der Waals surface area contributed by atoms with E-state index in [-0.39, 0.29) is 24.5 Å². The summed E-state index contributed by atoms with van der Waals surface area (Å²) in [6.45, 7) is 1.47. The number of nitrogens with zero attached hydrogens (tertiary/aromatic N) is 3. The summed E-state index contributed by atoms with van der Waals surface area (Å²) in [6.07, 6.45) is 3.32. The molecule has 172 valence electrons. The van der Waals surface area contributed by atoms with Gasteiger partial charge in [-0.2, -0.15) is 5.10 Å². The maximum atomic E-state index is 12.8. The Morgan fingerprint density at radius 3 is 2.53 bits per heavy atom. The van der Waals surface area contributed by atoms with Crippen molar-refractivity contribution in [3.8, 4) is 0 Å². The van der Waals surface area contributed by atoms with Gasteiger partial charge >= 0.3 is 11.9 Å². The molecule has 0 atom stereocenters. The molecule has 0 bridgehead atoms. The van der Waals surface area contributed by atoms with Crippen molar-refractivity contribution in [2.75, 3.05) is 11.9 Å². The highest BCUT2D eigenvalue weighted by Gasteiger charge is 2.17. The quantitative estimate of drug-likeness (QED) is 0.400. The van der Waals surface area contributed by atoms with Gasteiger partial charge in [0.1, 0.15) is 12.3 Å². The molecule has 9 nitrogen and oxygen atoms in total. The molecule has 2 heterocycles. The molecule has 0 radical (unpaired) electrons. The lowest BCUT2D eigenvalue weighted by Gasteiger charge is -2.12. The number of aromatic nitrogens is 3. The summed E-state index contributed by atoms with van der Waals surface area (Å²) in [6, 6.07) is 18.0. The lowest BCUT2D eigenvalue weighted by Crippen LogP contribution is -2.27. The number of fused-ring (bicyclic) bond motifs is 1. The van der Waals surface area contributed by atoms with Gasteiger partial charge in [-0.05, 0) is 12.5 Å². The molecule has 0 amide bonds. The number of carbonyl (C=O) groups is 2. The number of benzene rings is 2. The number of nitrogens with one attached hydrogen (secondary N) is 1. The summed E-state index contributed by atoms with van der Waals surface area (Å²) in [5, 5.41) is 8.86. The number of pyridine rings is 1. The van der Waals surface area contributed by atoms with Gasteiger partial charge < -0.3 is 14.8 Å². The first-order chi connectivity index (χ1) is 16.5. The average Bonchev–Trinajstić information content (AvgIpc) is 2.88. The van der Waals surface area contributed by atoms with Crippen molar-refractivity contribution < 1.29 is 19.1 Å². The maximum absolute atomic E-state index is 12.8. The van der Waals surface area contributed by atoms with Crippen molar-refractivity contribution >= 4 is 34.1 Å². The van der Waals surface area contributed by atoms with Crippen LogP contribution in [0.25, 0.3) is 10.8 Å². The van der Waals surface area contributed by atoms with Gasteiger partial charge in [0, 0.05) is 29.6 Å². The van der Waals surface area contributed by atoms with E-state index >= 15 is 0 Å². The molecular formula is C25H22N4O5. The highest BCUT2D eigenvalue weighted by atomic mass is 16.6. The lowest BCUT2D eigenvalue weighted by atomic mass is 10.1. The molecule has 0 unspecified atom stereocenters. The van der Waals surface area contributed by atoms with Crippen LogP contribution in [-0.4, -0.2) is 33.3 Å². The minimum atomic E-state index is -0.849. The van der Waals surface area contributed by atoms with Gasteiger partial charge in [-0.25, -0.2) is 14.3 Å². The van der Waals surface area contributed by atoms with E-state index in [4.69, 9.17) is 9.47 Å². The van der Waals surface area contributed by atoms with Crippen molar-refractivity contribution in [1.29, 1.82) is 0 Å². The summed E-state index contributed by atoms with van der Waals surface area (Å²) in [5.41, 5.74) is 1.03. The van der Waals surface area contributed by atoms with Gasteiger partial charge in [0.2, 0.25) is 0 Å². The number of hydrogen-bond donors (Lipinski definition) is 1. The first-order valence-corrected chi connectivity index (χ1v) is 10.6. The van der Waals surface area contributed by atoms with Crippen molar-refractivity contribution in [1.82, 2.24) is 14.8 Å². The molecule has 0 aliphatic heterocycles. The van der Waals surface area contributed by atoms with E-state index in [0.29, 0.717) is 5.69 Å². The highest BCUT2D eigenvalue weighted by molar-refractivity contribution is 5.95. The molecule has 0 aliphatic rings. The van der Waals surface area contributed by atoms with Crippen molar-refractivity contribution in [2.24, 2.45) is 0 Å². The van der Waals surface area contributed by atoms with Gasteiger partial charge in [-0.3, -0.25) is 9.78 Å². The summed E-state index contributed by atoms with van der Waals surface area (Å²) in [5.74, 6) is -1.54. The standard InChI is InChI=1S/C25H22N4O5/c1-2-29-24(31)20(27-22-14-26-13-18-10-6-7-11-19(18)22)12-21(28-29)25(32)34-16-23(30)33-15-17-8-4-3-5-9-17/h3-14,27H,2,15-16H2,1H3. The van der Waals surface area contributed by atoms with Gasteiger partial charge in [0.25, 0.3) is 5.56 Å². The summed E-state index contributed by atoms with van der Waals surface area (Å²) in [7, 11) is 0. The number of esters is 2. The Balaban J connectivity index is 1.48. The molecule has 2 aromatic carbocycles. The zero-order valence-corrected chi connectivity index (χ0v) is 18.4. The summed E-state index contributed by atoms with van der Waals surface area (Å²) < 4.78 is 11.3. The van der Waals surface area contributed by atoms with Crippen LogP contribution in [0.15, 0.2) is 77.9 Å². The molecule has 0 saturated carbocycles. The number of carbonyl (C=O) groups excluding carboxylic acids is 2. The van der Waals surface area contributed by atoms with E-state index in [2.05, 4.69) is 15.4 Å². The first-order valence-electron chi connectivity index (χ1n) is 10.6. The third-order valence-corrected chi connectivity index (χ3v) is 4.98. The second-order valence-corrected chi connectivity index (χ2v) is 7.32. The second-order valence-electron chi connectivity index (χ2n) is 7.32. The predicted molar refractivity (Wildman–Crippen MR) is 126 cm³/mol. The predicted octanol–water partition coefficient (Wildman–Crippen LogP) is 3.46. The van der Waals surface area contributed by atoms with E-state index in [9.17, 15) is 14.4 Å². The van der Waals surface area contributed by atoms with E-state index in [1.54, 1.807) is 19.3 Å². The third-order valence-electron chi connectivity index (χ3n) is 4.98. The molecule has 4 rings (SSSR count). The smallest absolute Gasteiger partial charge is 0.359 e. The van der Waals surface area contributed by atoms with Crippen LogP contribution in [0.5, 0.6) is 0 Å². The Hall–Kier alpha value is -4.53. The van der Waals surface area contributed by atoms with E-state index in [1.165, 1.54) is 6.07 Å². The van der Waals surface area contributed by atoms with Gasteiger partial charge in [0.05, 0.1) is 11.9 Å². The monoisotopic (exact) mass is 458 g/mol. The molecule has 0 saturated heterocycles. The molecule has 9 heteroatoms. The number of hydrogen-bond acceptors (Lipinski definition) is 8. The molecule has 0 aliphatic carbocycles. The summed E-state index contributed by atoms with van der Waals surface area (Å²) in [4.78, 5) is 41.5. The molecule has 34 heavy (non-hydrogen) atoms. The Kier molecular flexibility index (Phi) is 6.92. The van der Waals surface area contributed by atoms with Crippen molar-refractivity contribution in [3.63, 3.8) is 0 Å². The molecule has 2 aromatic heterocycles. The largest absolute Gasteiger partial charge is 0.458 e. The fraction of sp³-hybridized carbons (Fsp3) is 0.160. The van der Waals surface area contributed by atoms with Crippen molar-refractivity contribution in [2.45, 2.75) is 20.1 Å². The topological polar surface area (TPSA) is 112 Å². The van der Waals surface area contributed by atoms with Gasteiger partial charge in [0.15, 0.2) is 12.3 Å². The van der Waals surface area contributed by atoms with Crippen LogP contribution in [0.1, 0.15) is 23.0 Å². The Morgan fingerprint density at radius 1 is 0.971 bits per heavy atom. The van der Waals surface area contributed by atoms with Crippen LogP contribution >= 0.6 is 0 Å². The number of anilines is 2. The Labute approximate surface area is 195 Å². The SMILES string of the molecule is CCn1nc(C(=O)OCC(=O)OCc2ccccc2)cc(Nc2cncc3ccccc23)c1=O. The van der Waals surface area contributed by atoms with Crippen LogP contribution in [0.4, 0.5) is 11.4 Å². The molecular weight excluding hydrogens is 436 g/mol. The van der Waals surface area contributed by atoms with Gasteiger partial charge in [-0.15, -0.1) is 0 Å². The highest BCUT2D eigenvalue weighted by Crippen LogP contribution is 2.24. The average molecular weight is 458 g/mol. The van der Waals surface area contributed by atoms with Crippen LogP contribution in [0.2, 0.25) is 0 Å². The van der Waals surface area contributed by atoms with E-state index < -0.39 is 24.1 Å². The first kappa shape index (κ1) is 22.7. The van der Waals surface area contributed by atoms with E-state index in [0.717, 1.165) is 21.0 Å². The van der Waals surface area contributed by atoms with Crippen LogP contribution < -0.4 is 10.9 Å². The maximum Gasteiger partial charge on any atom is 0.359 e. The zero-order valence-electron chi connectivity index (χ0n) is 18.4. The Bertz CT molecular complexity index is 1380. The normalized spacial score (nSPS) is 10.6. The lowest BCUT2D eigenvalue weighted by molar-refractivity contribution is -0.148. The summed E-state index contributed by atoms with van der Waals surface area (Å²) >= 11 is 0. The van der Waals surface area contributed by atoms with Crippen LogP contribution in [0.3, 0.4) is 0 Å². The third kappa shape index (κ3) is 5.26. The number of aryl methyl sites for hydroxylation is 1. The number of rotatable bonds is 8. The van der Waals surface area contributed by atoms with Crippen molar-refractivity contribution in [3.05, 3.63) is 94.7 Å². The molecule has 4 aromatic rings. The van der Waals surface area contributed by atoms with Crippen LogP contribution in [-0.2, 0) is 27.4 Å². The number of ether oxygens (including phenoxy) is 2. The zero-order chi connectivity index (χ0) is 23.9. The molecule has 0 fully saturated rings. The minimum Gasteiger partial charge on any atom is -0.458 e. The second kappa shape index (κ2) is 10.4. The van der Waals surface area contributed by atoms with E-state index in [1.807, 2.05) is 54.6 Å². The Morgan fingerprint density at radius 2 is 1.74 bits per heavy atom. The van der Waals surface area contributed by atoms with Gasteiger partial charge in [-0.1, -0.05) is 54.6 Å². The fourth-order valence-electron chi connectivity index (χ4n) is 3.28. The fourth-order valence-corrected chi connectivity index (χ4v) is 3.28. The minimum absolute atomic E-state index is 0.0727. The molecule has 0 spiro atoms. The van der Waals surface area contributed by atoms with Crippen LogP contribution in [0, 0.1) is 0 Å².